The van der Waals surface area contributed by atoms with E-state index in [0.29, 0.717) is 6.54 Å². The van der Waals surface area contributed by atoms with Crippen molar-refractivity contribution in [3.05, 3.63) is 47.2 Å². The van der Waals surface area contributed by atoms with Gasteiger partial charge in [0, 0.05) is 13.1 Å². The summed E-state index contributed by atoms with van der Waals surface area (Å²) in [7, 11) is 0. The molecule has 1 aliphatic rings. The Balaban J connectivity index is 0.00000200. The number of nitrogens with two attached hydrogens (primary N) is 1. The summed E-state index contributed by atoms with van der Waals surface area (Å²) in [5.74, 6) is -1.31. The molecule has 0 aliphatic carbocycles. The van der Waals surface area contributed by atoms with Crippen molar-refractivity contribution >= 4 is 24.1 Å². The van der Waals surface area contributed by atoms with Crippen LogP contribution in [0.15, 0.2) is 41.7 Å². The second-order valence-electron chi connectivity index (χ2n) is 4.42. The number of hydrogen-bond acceptors (Lipinski definition) is 4. The molecular formula is C14H17ClN2O3. The van der Waals surface area contributed by atoms with Crippen molar-refractivity contribution in [1.29, 1.82) is 0 Å². The Morgan fingerprint density at radius 1 is 1.35 bits per heavy atom. The largest absolute Gasteiger partial charge is 0.503 e. The molecule has 0 radical (unpaired) electrons. The Hall–Kier alpha value is -1.85. The summed E-state index contributed by atoms with van der Waals surface area (Å²) in [5.41, 5.74) is 6.43. The van der Waals surface area contributed by atoms with E-state index in [1.54, 1.807) is 0 Å². The predicted octanol–water partition coefficient (Wildman–Crippen LogP) is 1.35. The Bertz CT molecular complexity index is 543. The van der Waals surface area contributed by atoms with Gasteiger partial charge in [0.05, 0.1) is 11.6 Å². The van der Waals surface area contributed by atoms with Gasteiger partial charge in [0.2, 0.25) is 0 Å². The van der Waals surface area contributed by atoms with Crippen LogP contribution >= 0.6 is 12.4 Å². The maximum atomic E-state index is 12.0. The lowest BCUT2D eigenvalue weighted by molar-refractivity contribution is -0.129. The molecule has 1 aromatic rings. The fraction of sp³-hybridized carbons (Fsp3) is 0.286. The zero-order chi connectivity index (χ0) is 14.0. The van der Waals surface area contributed by atoms with Crippen LogP contribution < -0.4 is 5.73 Å². The van der Waals surface area contributed by atoms with Crippen molar-refractivity contribution in [3.8, 4) is 0 Å². The van der Waals surface area contributed by atoms with Crippen LogP contribution in [0.2, 0.25) is 0 Å². The van der Waals surface area contributed by atoms with Crippen LogP contribution in [0.1, 0.15) is 18.5 Å². The second kappa shape index (κ2) is 6.54. The molecule has 1 unspecified atom stereocenters. The minimum absolute atomic E-state index is 0. The Morgan fingerprint density at radius 2 is 1.95 bits per heavy atom. The first-order valence-electron chi connectivity index (χ1n) is 6.08. The van der Waals surface area contributed by atoms with E-state index < -0.39 is 17.7 Å². The highest BCUT2D eigenvalue weighted by Crippen LogP contribution is 2.36. The molecule has 1 aliphatic heterocycles. The quantitative estimate of drug-likeness (QED) is 0.878. The molecule has 1 amide bonds. The second-order valence-corrected chi connectivity index (χ2v) is 4.42. The van der Waals surface area contributed by atoms with Gasteiger partial charge in [-0.3, -0.25) is 9.59 Å². The SMILES string of the molecule is CC(=O)C1=C(O)C(=O)N(CCN)C1c1ccccc1.Cl. The minimum atomic E-state index is -0.547. The van der Waals surface area contributed by atoms with Gasteiger partial charge in [0.15, 0.2) is 11.5 Å². The van der Waals surface area contributed by atoms with E-state index in [1.807, 2.05) is 30.3 Å². The molecule has 0 bridgehead atoms. The van der Waals surface area contributed by atoms with Crippen LogP contribution in [0.5, 0.6) is 0 Å². The van der Waals surface area contributed by atoms with E-state index >= 15 is 0 Å². The molecule has 0 aromatic heterocycles. The molecule has 20 heavy (non-hydrogen) atoms. The number of carbonyl (C=O) groups excluding carboxylic acids is 2. The van der Waals surface area contributed by atoms with Crippen molar-refractivity contribution in [3.63, 3.8) is 0 Å². The van der Waals surface area contributed by atoms with E-state index in [9.17, 15) is 14.7 Å². The number of benzene rings is 1. The molecule has 108 valence electrons. The fourth-order valence-corrected chi connectivity index (χ4v) is 2.36. The van der Waals surface area contributed by atoms with Crippen LogP contribution in [-0.4, -0.2) is 34.8 Å². The first-order chi connectivity index (χ1) is 9.07. The van der Waals surface area contributed by atoms with Crippen LogP contribution in [0, 0.1) is 0 Å². The lowest BCUT2D eigenvalue weighted by Crippen LogP contribution is -2.35. The fourth-order valence-electron chi connectivity index (χ4n) is 2.36. The smallest absolute Gasteiger partial charge is 0.290 e. The lowest BCUT2D eigenvalue weighted by atomic mass is 9.97. The number of amides is 1. The summed E-state index contributed by atoms with van der Waals surface area (Å²) in [5, 5.41) is 9.88. The summed E-state index contributed by atoms with van der Waals surface area (Å²) in [6.07, 6.45) is 0. The molecule has 0 saturated heterocycles. The first-order valence-corrected chi connectivity index (χ1v) is 6.08. The summed E-state index contributed by atoms with van der Waals surface area (Å²) in [6, 6.07) is 8.60. The van der Waals surface area contributed by atoms with Crippen molar-refractivity contribution in [2.24, 2.45) is 5.73 Å². The number of Topliss-reactive ketones (excluding diaryl/α,β-unsaturated/α-hetero) is 1. The number of aliphatic hydroxyl groups excluding tert-OH is 1. The van der Waals surface area contributed by atoms with E-state index in [0.717, 1.165) is 5.56 Å². The van der Waals surface area contributed by atoms with E-state index in [1.165, 1.54) is 11.8 Å². The van der Waals surface area contributed by atoms with Gasteiger partial charge in [-0.1, -0.05) is 30.3 Å². The number of aliphatic hydroxyl groups is 1. The Kier molecular flexibility index (Phi) is 5.30. The summed E-state index contributed by atoms with van der Waals surface area (Å²) < 4.78 is 0. The predicted molar refractivity (Wildman–Crippen MR) is 77.5 cm³/mol. The molecule has 2 rings (SSSR count). The Morgan fingerprint density at radius 3 is 2.45 bits per heavy atom. The standard InChI is InChI=1S/C14H16N2O3.ClH/c1-9(17)11-12(10-5-3-2-4-6-10)16(8-7-15)14(19)13(11)18;/h2-6,12,18H,7-8,15H2,1H3;1H. The van der Waals surface area contributed by atoms with Crippen molar-refractivity contribution in [2.45, 2.75) is 13.0 Å². The molecular weight excluding hydrogens is 280 g/mol. The highest BCUT2D eigenvalue weighted by atomic mass is 35.5. The normalized spacial score (nSPS) is 18.2. The number of halogens is 1. The lowest BCUT2D eigenvalue weighted by Gasteiger charge is -2.25. The first kappa shape index (κ1) is 16.2. The molecule has 1 atom stereocenters. The monoisotopic (exact) mass is 296 g/mol. The highest BCUT2D eigenvalue weighted by Gasteiger charge is 2.41. The zero-order valence-corrected chi connectivity index (χ0v) is 11.9. The van der Waals surface area contributed by atoms with Crippen LogP contribution in [0.25, 0.3) is 0 Å². The molecule has 6 heteroatoms. The van der Waals surface area contributed by atoms with Crippen LogP contribution in [-0.2, 0) is 9.59 Å². The average molecular weight is 297 g/mol. The molecule has 0 spiro atoms. The van der Waals surface area contributed by atoms with Gasteiger partial charge in [0.25, 0.3) is 5.91 Å². The average Bonchev–Trinajstić information content (AvgIpc) is 2.65. The number of nitrogens with zero attached hydrogens (tertiary/aromatic N) is 1. The third-order valence-corrected chi connectivity index (χ3v) is 3.17. The number of rotatable bonds is 4. The van der Waals surface area contributed by atoms with Gasteiger partial charge in [-0.15, -0.1) is 12.4 Å². The van der Waals surface area contributed by atoms with Gasteiger partial charge >= 0.3 is 0 Å². The zero-order valence-electron chi connectivity index (χ0n) is 11.1. The Labute approximate surface area is 123 Å². The summed E-state index contributed by atoms with van der Waals surface area (Å²) in [6.45, 7) is 1.91. The number of hydrogen-bond donors (Lipinski definition) is 2. The molecule has 0 saturated carbocycles. The number of ketones is 1. The van der Waals surface area contributed by atoms with Gasteiger partial charge in [-0.25, -0.2) is 0 Å². The van der Waals surface area contributed by atoms with Crippen LogP contribution in [0.3, 0.4) is 0 Å². The maximum absolute atomic E-state index is 12.0. The van der Waals surface area contributed by atoms with Gasteiger partial charge in [-0.05, 0) is 12.5 Å². The maximum Gasteiger partial charge on any atom is 0.290 e. The van der Waals surface area contributed by atoms with Gasteiger partial charge in [0.1, 0.15) is 0 Å². The van der Waals surface area contributed by atoms with Crippen molar-refractivity contribution in [1.82, 2.24) is 4.90 Å². The van der Waals surface area contributed by atoms with E-state index in [-0.39, 0.29) is 30.3 Å². The topological polar surface area (TPSA) is 83.6 Å². The molecule has 3 N–H and O–H groups in total. The van der Waals surface area contributed by atoms with Gasteiger partial charge in [-0.2, -0.15) is 0 Å². The minimum Gasteiger partial charge on any atom is -0.503 e. The van der Waals surface area contributed by atoms with E-state index in [2.05, 4.69) is 0 Å². The molecule has 1 heterocycles. The summed E-state index contributed by atoms with van der Waals surface area (Å²) >= 11 is 0. The molecule has 0 fully saturated rings. The van der Waals surface area contributed by atoms with Crippen molar-refractivity contribution < 1.29 is 14.7 Å². The molecule has 5 nitrogen and oxygen atoms in total. The van der Waals surface area contributed by atoms with Gasteiger partial charge < -0.3 is 15.7 Å². The number of carbonyl (C=O) groups is 2. The summed E-state index contributed by atoms with van der Waals surface area (Å²) in [4.78, 5) is 25.1. The van der Waals surface area contributed by atoms with Crippen LogP contribution in [0.4, 0.5) is 0 Å². The van der Waals surface area contributed by atoms with E-state index in [4.69, 9.17) is 5.73 Å². The third-order valence-electron chi connectivity index (χ3n) is 3.17. The molecule has 1 aromatic carbocycles. The third kappa shape index (κ3) is 2.69. The van der Waals surface area contributed by atoms with Crippen molar-refractivity contribution in [2.75, 3.05) is 13.1 Å². The highest BCUT2D eigenvalue weighted by molar-refractivity contribution is 6.08.